The predicted molar refractivity (Wildman–Crippen MR) is 123 cm³/mol. The van der Waals surface area contributed by atoms with E-state index in [9.17, 15) is 9.59 Å². The van der Waals surface area contributed by atoms with Crippen molar-refractivity contribution in [3.05, 3.63) is 6.20 Å². The summed E-state index contributed by atoms with van der Waals surface area (Å²) >= 11 is 2.84. The van der Waals surface area contributed by atoms with Crippen LogP contribution in [0.4, 0.5) is 9.93 Å². The molecule has 2 saturated carbocycles. The largest absolute Gasteiger partial charge is 0.465 e. The lowest BCUT2D eigenvalue weighted by atomic mass is 9.84. The maximum absolute atomic E-state index is 13.3. The van der Waals surface area contributed by atoms with E-state index in [1.165, 1.54) is 55.2 Å². The summed E-state index contributed by atoms with van der Waals surface area (Å²) in [4.78, 5) is 31.7. The number of thiazole rings is 1. The van der Waals surface area contributed by atoms with E-state index in [2.05, 4.69) is 22.1 Å². The first-order valence-electron chi connectivity index (χ1n) is 11.4. The first-order chi connectivity index (χ1) is 14.5. The van der Waals surface area contributed by atoms with Gasteiger partial charge in [-0.2, -0.15) is 0 Å². The van der Waals surface area contributed by atoms with Gasteiger partial charge in [0.1, 0.15) is 5.25 Å². The van der Waals surface area contributed by atoms with E-state index >= 15 is 0 Å². The average Bonchev–Trinajstić information content (AvgIpc) is 3.17. The van der Waals surface area contributed by atoms with Crippen molar-refractivity contribution in [3.8, 4) is 0 Å². The molecule has 2 fully saturated rings. The Morgan fingerprint density at radius 2 is 1.87 bits per heavy atom. The van der Waals surface area contributed by atoms with Crippen molar-refractivity contribution in [2.24, 2.45) is 5.92 Å². The van der Waals surface area contributed by atoms with Crippen LogP contribution in [0.1, 0.15) is 78.6 Å². The van der Waals surface area contributed by atoms with Gasteiger partial charge >= 0.3 is 12.0 Å². The summed E-state index contributed by atoms with van der Waals surface area (Å²) in [5.74, 6) is 0.536. The summed E-state index contributed by atoms with van der Waals surface area (Å²) in [5, 5.41) is 3.37. The number of hydrogen-bond donors (Lipinski definition) is 1. The van der Waals surface area contributed by atoms with E-state index in [0.717, 1.165) is 35.8 Å². The molecule has 6 nitrogen and oxygen atoms in total. The molecule has 8 heteroatoms. The van der Waals surface area contributed by atoms with Crippen LogP contribution in [0.5, 0.6) is 0 Å². The van der Waals surface area contributed by atoms with Gasteiger partial charge in [-0.1, -0.05) is 49.3 Å². The molecule has 1 unspecified atom stereocenters. The molecule has 30 heavy (non-hydrogen) atoms. The highest BCUT2D eigenvalue weighted by molar-refractivity contribution is 8.02. The van der Waals surface area contributed by atoms with E-state index < -0.39 is 0 Å². The number of nitrogens with one attached hydrogen (secondary N) is 1. The smallest absolute Gasteiger partial charge is 0.324 e. The lowest BCUT2D eigenvalue weighted by Crippen LogP contribution is -2.51. The standard InChI is InChI=1S/C22H35N3O3S2/c1-4-28-20(26)16(3)29-19-14-23-21(30-19)24-22(27)25(17-8-6-5-7-9-17)18-12-10-15(2)11-13-18/h14-18H,4-13H2,1-3H3,(H,23,24,27)/t15-,16?,18-. The van der Waals surface area contributed by atoms with Crippen LogP contribution in [0.3, 0.4) is 0 Å². The fourth-order valence-corrected chi connectivity index (χ4v) is 6.55. The maximum atomic E-state index is 13.3. The van der Waals surface area contributed by atoms with Gasteiger partial charge in [-0.3, -0.25) is 10.1 Å². The summed E-state index contributed by atoms with van der Waals surface area (Å²) < 4.78 is 5.97. The first kappa shape index (κ1) is 23.4. The molecule has 1 atom stereocenters. The van der Waals surface area contributed by atoms with Gasteiger partial charge in [0.25, 0.3) is 0 Å². The van der Waals surface area contributed by atoms with Gasteiger partial charge in [-0.25, -0.2) is 9.78 Å². The second-order valence-corrected chi connectivity index (χ2v) is 11.2. The van der Waals surface area contributed by atoms with E-state index in [0.29, 0.717) is 23.8 Å². The molecule has 1 aromatic rings. The SMILES string of the molecule is CCOC(=O)C(C)Sc1cnc(NC(=O)N(C2CCCCC2)[C@H]2CC[C@H](C)CC2)s1. The van der Waals surface area contributed by atoms with Crippen LogP contribution < -0.4 is 5.32 Å². The number of carbonyl (C=O) groups excluding carboxylic acids is 2. The third kappa shape index (κ3) is 6.36. The molecule has 168 valence electrons. The van der Waals surface area contributed by atoms with E-state index in [4.69, 9.17) is 4.74 Å². The van der Waals surface area contributed by atoms with Crippen molar-refractivity contribution in [1.82, 2.24) is 9.88 Å². The van der Waals surface area contributed by atoms with Crippen molar-refractivity contribution in [1.29, 1.82) is 0 Å². The number of esters is 1. The van der Waals surface area contributed by atoms with Gasteiger partial charge in [-0.05, 0) is 58.3 Å². The number of amides is 2. The molecule has 2 aliphatic rings. The molecule has 1 aromatic heterocycles. The summed E-state index contributed by atoms with van der Waals surface area (Å²) in [5.41, 5.74) is 0. The minimum atomic E-state index is -0.295. The maximum Gasteiger partial charge on any atom is 0.324 e. The minimum absolute atomic E-state index is 0.00852. The molecule has 0 radical (unpaired) electrons. The third-order valence-corrected chi connectivity index (χ3v) is 8.32. The van der Waals surface area contributed by atoms with Gasteiger partial charge in [0.05, 0.1) is 17.0 Å². The van der Waals surface area contributed by atoms with Gasteiger partial charge < -0.3 is 9.64 Å². The Kier molecular flexibility index (Phi) is 8.86. The number of thioether (sulfide) groups is 1. The molecule has 3 rings (SSSR count). The Labute approximate surface area is 188 Å². The van der Waals surface area contributed by atoms with E-state index in [1.807, 2.05) is 6.92 Å². The molecule has 2 amide bonds. The fraction of sp³-hybridized carbons (Fsp3) is 0.773. The van der Waals surface area contributed by atoms with Crippen molar-refractivity contribution in [2.45, 2.75) is 100 Å². The number of urea groups is 1. The highest BCUT2D eigenvalue weighted by Crippen LogP contribution is 2.35. The zero-order chi connectivity index (χ0) is 21.5. The Balaban J connectivity index is 1.63. The van der Waals surface area contributed by atoms with Crippen LogP contribution in [0.15, 0.2) is 10.4 Å². The second kappa shape index (κ2) is 11.4. The predicted octanol–water partition coefficient (Wildman–Crippen LogP) is 5.93. The molecule has 1 N–H and O–H groups in total. The van der Waals surface area contributed by atoms with Crippen molar-refractivity contribution < 1.29 is 14.3 Å². The monoisotopic (exact) mass is 453 g/mol. The topological polar surface area (TPSA) is 71.5 Å². The molecule has 2 aliphatic carbocycles. The Morgan fingerprint density at radius 3 is 2.53 bits per heavy atom. The summed E-state index contributed by atoms with van der Waals surface area (Å²) in [7, 11) is 0. The zero-order valence-electron chi connectivity index (χ0n) is 18.4. The van der Waals surface area contributed by atoms with Gasteiger partial charge in [0, 0.05) is 12.1 Å². The van der Waals surface area contributed by atoms with Crippen LogP contribution in [0, 0.1) is 5.92 Å². The van der Waals surface area contributed by atoms with Crippen LogP contribution in [0.25, 0.3) is 0 Å². The number of carbonyl (C=O) groups is 2. The van der Waals surface area contributed by atoms with Crippen LogP contribution >= 0.6 is 23.1 Å². The average molecular weight is 454 g/mol. The molecule has 0 spiro atoms. The zero-order valence-corrected chi connectivity index (χ0v) is 20.0. The quantitative estimate of drug-likeness (QED) is 0.409. The van der Waals surface area contributed by atoms with Crippen LogP contribution in [0.2, 0.25) is 0 Å². The number of rotatable bonds is 7. The minimum Gasteiger partial charge on any atom is -0.465 e. The summed E-state index contributed by atoms with van der Waals surface area (Å²) in [6.07, 6.45) is 12.2. The normalized spacial score (nSPS) is 23.6. The van der Waals surface area contributed by atoms with E-state index in [-0.39, 0.29) is 17.3 Å². The molecule has 0 aliphatic heterocycles. The molecule has 0 aromatic carbocycles. The highest BCUT2D eigenvalue weighted by atomic mass is 32.2. The number of nitrogens with zero attached hydrogens (tertiary/aromatic N) is 2. The molecular weight excluding hydrogens is 418 g/mol. The highest BCUT2D eigenvalue weighted by Gasteiger charge is 2.34. The number of hydrogen-bond acceptors (Lipinski definition) is 6. The lowest BCUT2D eigenvalue weighted by Gasteiger charge is -2.42. The van der Waals surface area contributed by atoms with Crippen LogP contribution in [-0.2, 0) is 9.53 Å². The number of anilines is 1. The number of ether oxygens (including phenoxy) is 1. The lowest BCUT2D eigenvalue weighted by molar-refractivity contribution is -0.142. The molecular formula is C22H35N3O3S2. The van der Waals surface area contributed by atoms with Crippen molar-refractivity contribution in [2.75, 3.05) is 11.9 Å². The second-order valence-electron chi connectivity index (χ2n) is 8.54. The van der Waals surface area contributed by atoms with Gasteiger partial charge in [-0.15, -0.1) is 0 Å². The Bertz CT molecular complexity index is 698. The summed E-state index contributed by atoms with van der Waals surface area (Å²) in [6, 6.07) is 0.669. The summed E-state index contributed by atoms with van der Waals surface area (Å²) in [6.45, 7) is 6.33. The number of aromatic nitrogens is 1. The van der Waals surface area contributed by atoms with E-state index in [1.54, 1.807) is 13.1 Å². The third-order valence-electron chi connectivity index (χ3n) is 6.19. The van der Waals surface area contributed by atoms with Crippen LogP contribution in [-0.4, -0.2) is 45.8 Å². The molecule has 0 bridgehead atoms. The van der Waals surface area contributed by atoms with Gasteiger partial charge in [0.2, 0.25) is 0 Å². The Morgan fingerprint density at radius 1 is 1.20 bits per heavy atom. The van der Waals surface area contributed by atoms with Gasteiger partial charge in [0.15, 0.2) is 5.13 Å². The van der Waals surface area contributed by atoms with Crippen molar-refractivity contribution >= 4 is 40.2 Å². The van der Waals surface area contributed by atoms with Crippen molar-refractivity contribution in [3.63, 3.8) is 0 Å². The molecule has 1 heterocycles. The fourth-order valence-electron chi connectivity index (χ4n) is 4.52. The Hall–Kier alpha value is -1.28. The molecule has 0 saturated heterocycles. The first-order valence-corrected chi connectivity index (χ1v) is 13.1.